The summed E-state index contributed by atoms with van der Waals surface area (Å²) in [5, 5.41) is 13.1. The molecule has 108 valence electrons. The van der Waals surface area contributed by atoms with Crippen LogP contribution >= 0.6 is 15.9 Å². The number of carbonyl (C=O) groups is 1. The Kier molecular flexibility index (Phi) is 5.38. The van der Waals surface area contributed by atoms with E-state index in [1.807, 2.05) is 24.3 Å². The first-order valence-corrected chi connectivity index (χ1v) is 7.81. The normalized spacial score (nSPS) is 18.1. The number of hydrogen-bond donors (Lipinski definition) is 2. The van der Waals surface area contributed by atoms with E-state index in [9.17, 15) is 9.90 Å². The van der Waals surface area contributed by atoms with Crippen molar-refractivity contribution in [1.29, 1.82) is 0 Å². The number of amides is 1. The van der Waals surface area contributed by atoms with Crippen molar-refractivity contribution in [2.75, 3.05) is 6.54 Å². The molecule has 1 aromatic carbocycles. The topological polar surface area (TPSA) is 49.3 Å². The van der Waals surface area contributed by atoms with Crippen LogP contribution in [0.2, 0.25) is 0 Å². The number of carbonyl (C=O) groups excluding carboxylic acids is 1. The van der Waals surface area contributed by atoms with E-state index in [4.69, 9.17) is 0 Å². The second-order valence-electron chi connectivity index (χ2n) is 5.39. The summed E-state index contributed by atoms with van der Waals surface area (Å²) < 4.78 is 0.983. The minimum absolute atomic E-state index is 0.163. The highest BCUT2D eigenvalue weighted by atomic mass is 79.9. The zero-order valence-corrected chi connectivity index (χ0v) is 13.0. The van der Waals surface area contributed by atoms with Crippen molar-refractivity contribution in [3.05, 3.63) is 40.4 Å². The third kappa shape index (κ3) is 4.76. The Morgan fingerprint density at radius 3 is 2.80 bits per heavy atom. The van der Waals surface area contributed by atoms with Crippen LogP contribution in [0.25, 0.3) is 6.08 Å². The molecule has 0 bridgehead atoms. The lowest BCUT2D eigenvalue weighted by Gasteiger charge is -2.31. The van der Waals surface area contributed by atoms with Gasteiger partial charge in [-0.3, -0.25) is 4.79 Å². The molecule has 0 unspecified atom stereocenters. The SMILES string of the molecule is O=C(C=Cc1cccc(Br)c1)NCC1(O)CCCCC1. The zero-order chi connectivity index (χ0) is 14.4. The molecule has 1 aromatic rings. The van der Waals surface area contributed by atoms with Crippen LogP contribution in [0, 0.1) is 0 Å². The Labute approximate surface area is 128 Å². The molecule has 4 heteroatoms. The van der Waals surface area contributed by atoms with Gasteiger partial charge in [-0.05, 0) is 36.6 Å². The largest absolute Gasteiger partial charge is 0.388 e. The Balaban J connectivity index is 1.83. The molecule has 1 amide bonds. The van der Waals surface area contributed by atoms with Crippen molar-refractivity contribution in [3.8, 4) is 0 Å². The highest BCUT2D eigenvalue weighted by molar-refractivity contribution is 9.10. The number of aliphatic hydroxyl groups is 1. The van der Waals surface area contributed by atoms with Crippen molar-refractivity contribution in [1.82, 2.24) is 5.32 Å². The highest BCUT2D eigenvalue weighted by Gasteiger charge is 2.29. The molecule has 0 aromatic heterocycles. The summed E-state index contributed by atoms with van der Waals surface area (Å²) in [6.45, 7) is 0.342. The lowest BCUT2D eigenvalue weighted by molar-refractivity contribution is -0.118. The summed E-state index contributed by atoms with van der Waals surface area (Å²) in [5.41, 5.74) is 0.253. The quantitative estimate of drug-likeness (QED) is 0.828. The highest BCUT2D eigenvalue weighted by Crippen LogP contribution is 2.27. The van der Waals surface area contributed by atoms with E-state index in [0.29, 0.717) is 6.54 Å². The van der Waals surface area contributed by atoms with Gasteiger partial charge in [0.25, 0.3) is 0 Å². The fraction of sp³-hybridized carbons (Fsp3) is 0.438. The van der Waals surface area contributed by atoms with Gasteiger partial charge < -0.3 is 10.4 Å². The van der Waals surface area contributed by atoms with Crippen molar-refractivity contribution in [2.45, 2.75) is 37.7 Å². The van der Waals surface area contributed by atoms with Gasteiger partial charge in [-0.2, -0.15) is 0 Å². The third-order valence-corrected chi connectivity index (χ3v) is 4.15. The van der Waals surface area contributed by atoms with E-state index in [1.54, 1.807) is 6.08 Å². The summed E-state index contributed by atoms with van der Waals surface area (Å²) in [6, 6.07) is 7.74. The van der Waals surface area contributed by atoms with E-state index in [0.717, 1.165) is 35.7 Å². The number of nitrogens with one attached hydrogen (secondary N) is 1. The first kappa shape index (κ1) is 15.3. The molecule has 0 aliphatic heterocycles. The first-order chi connectivity index (χ1) is 9.57. The molecule has 3 nitrogen and oxygen atoms in total. The molecule has 1 aliphatic rings. The monoisotopic (exact) mass is 337 g/mol. The van der Waals surface area contributed by atoms with Gasteiger partial charge in [0.2, 0.25) is 5.91 Å². The summed E-state index contributed by atoms with van der Waals surface area (Å²) in [6.07, 6.45) is 8.10. The maximum atomic E-state index is 11.8. The molecule has 0 saturated heterocycles. The van der Waals surface area contributed by atoms with E-state index >= 15 is 0 Å². The van der Waals surface area contributed by atoms with E-state index in [-0.39, 0.29) is 5.91 Å². The fourth-order valence-corrected chi connectivity index (χ4v) is 2.90. The number of halogens is 1. The Morgan fingerprint density at radius 1 is 1.35 bits per heavy atom. The number of hydrogen-bond acceptors (Lipinski definition) is 2. The van der Waals surface area contributed by atoms with Gasteiger partial charge in [0.1, 0.15) is 0 Å². The van der Waals surface area contributed by atoms with E-state index in [2.05, 4.69) is 21.2 Å². The molecule has 0 heterocycles. The predicted molar refractivity (Wildman–Crippen MR) is 84.2 cm³/mol. The fourth-order valence-electron chi connectivity index (χ4n) is 2.48. The molecule has 2 N–H and O–H groups in total. The third-order valence-electron chi connectivity index (χ3n) is 3.65. The summed E-state index contributed by atoms with van der Waals surface area (Å²) in [4.78, 5) is 11.8. The lowest BCUT2D eigenvalue weighted by Crippen LogP contribution is -2.43. The summed E-state index contributed by atoms with van der Waals surface area (Å²) in [7, 11) is 0. The van der Waals surface area contributed by atoms with Crippen LogP contribution in [0.3, 0.4) is 0 Å². The standard InChI is InChI=1S/C16H20BrNO2/c17-14-6-4-5-13(11-14)7-8-15(19)18-12-16(20)9-2-1-3-10-16/h4-8,11,20H,1-3,9-10,12H2,(H,18,19). The lowest BCUT2D eigenvalue weighted by atomic mass is 9.85. The van der Waals surface area contributed by atoms with Crippen molar-refractivity contribution >= 4 is 27.9 Å². The predicted octanol–water partition coefficient (Wildman–Crippen LogP) is 3.27. The molecule has 1 saturated carbocycles. The number of benzene rings is 1. The smallest absolute Gasteiger partial charge is 0.244 e. The van der Waals surface area contributed by atoms with Gasteiger partial charge in [0.15, 0.2) is 0 Å². The molecular weight excluding hydrogens is 318 g/mol. The van der Waals surface area contributed by atoms with E-state index < -0.39 is 5.60 Å². The Bertz CT molecular complexity index is 493. The molecule has 1 fully saturated rings. The minimum atomic E-state index is -0.711. The van der Waals surface area contributed by atoms with Crippen molar-refractivity contribution in [2.24, 2.45) is 0 Å². The first-order valence-electron chi connectivity index (χ1n) is 7.01. The molecule has 0 radical (unpaired) electrons. The van der Waals surface area contributed by atoms with Gasteiger partial charge in [0, 0.05) is 17.1 Å². The second-order valence-corrected chi connectivity index (χ2v) is 6.31. The maximum Gasteiger partial charge on any atom is 0.244 e. The van der Waals surface area contributed by atoms with Crippen molar-refractivity contribution in [3.63, 3.8) is 0 Å². The zero-order valence-electron chi connectivity index (χ0n) is 11.4. The average molecular weight is 338 g/mol. The molecular formula is C16H20BrNO2. The van der Waals surface area contributed by atoms with Crippen LogP contribution in [0.15, 0.2) is 34.8 Å². The Hall–Kier alpha value is -1.13. The average Bonchev–Trinajstić information content (AvgIpc) is 2.44. The summed E-state index contributed by atoms with van der Waals surface area (Å²) in [5.74, 6) is -0.163. The van der Waals surface area contributed by atoms with Gasteiger partial charge >= 0.3 is 0 Å². The van der Waals surface area contributed by atoms with Crippen LogP contribution in [-0.2, 0) is 4.79 Å². The molecule has 0 atom stereocenters. The molecule has 2 rings (SSSR count). The van der Waals surface area contributed by atoms with E-state index in [1.165, 1.54) is 12.5 Å². The minimum Gasteiger partial charge on any atom is -0.388 e. The van der Waals surface area contributed by atoms with Crippen LogP contribution in [0.5, 0.6) is 0 Å². The molecule has 1 aliphatic carbocycles. The Morgan fingerprint density at radius 2 is 2.10 bits per heavy atom. The molecule has 20 heavy (non-hydrogen) atoms. The van der Waals surface area contributed by atoms with Crippen LogP contribution in [0.1, 0.15) is 37.7 Å². The second kappa shape index (κ2) is 7.04. The van der Waals surface area contributed by atoms with Gasteiger partial charge in [-0.15, -0.1) is 0 Å². The van der Waals surface area contributed by atoms with Gasteiger partial charge in [0.05, 0.1) is 5.60 Å². The van der Waals surface area contributed by atoms with Gasteiger partial charge in [-0.25, -0.2) is 0 Å². The number of rotatable bonds is 4. The van der Waals surface area contributed by atoms with Crippen LogP contribution < -0.4 is 5.32 Å². The van der Waals surface area contributed by atoms with Crippen LogP contribution in [0.4, 0.5) is 0 Å². The van der Waals surface area contributed by atoms with Gasteiger partial charge in [-0.1, -0.05) is 47.3 Å². The summed E-state index contributed by atoms with van der Waals surface area (Å²) >= 11 is 3.39. The maximum absolute atomic E-state index is 11.8. The van der Waals surface area contributed by atoms with Crippen LogP contribution in [-0.4, -0.2) is 23.2 Å². The molecule has 0 spiro atoms. The van der Waals surface area contributed by atoms with Crippen molar-refractivity contribution < 1.29 is 9.90 Å².